The third kappa shape index (κ3) is 14.2. The van der Waals surface area contributed by atoms with Crippen LogP contribution in [0, 0.1) is 0 Å². The van der Waals surface area contributed by atoms with Gasteiger partial charge in [-0.3, -0.25) is 4.79 Å². The first-order valence-corrected chi connectivity index (χ1v) is 22.0. The van der Waals surface area contributed by atoms with Gasteiger partial charge in [0.15, 0.2) is 12.4 Å². The van der Waals surface area contributed by atoms with Crippen LogP contribution in [-0.4, -0.2) is 16.9 Å². The van der Waals surface area contributed by atoms with Gasteiger partial charge < -0.3 is 0 Å². The lowest BCUT2D eigenvalue weighted by Gasteiger charge is -2.46. The number of halogens is 24. The average Bonchev–Trinajstić information content (AvgIpc) is 3.54. The van der Waals surface area contributed by atoms with Crippen molar-refractivity contribution >= 4 is 46.4 Å². The number of alkyl halides is 24. The summed E-state index contributed by atoms with van der Waals surface area (Å²) < 4.78 is 343. The van der Waals surface area contributed by atoms with Gasteiger partial charge >= 0.3 is 49.4 Å². The molecule has 0 fully saturated rings. The number of benzene rings is 6. The molecule has 420 valence electrons. The van der Waals surface area contributed by atoms with Gasteiger partial charge in [-0.25, -0.2) is 4.98 Å². The molecular weight excluding hydrogens is 1140 g/mol. The van der Waals surface area contributed by atoms with Crippen LogP contribution in [0.5, 0.6) is 0 Å². The van der Waals surface area contributed by atoms with Crippen molar-refractivity contribution in [2.24, 2.45) is 0 Å². The van der Waals surface area contributed by atoms with Crippen molar-refractivity contribution in [3.63, 3.8) is 0 Å². The Labute approximate surface area is 433 Å². The summed E-state index contributed by atoms with van der Waals surface area (Å²) in [5.74, 6) is 0.0712. The van der Waals surface area contributed by atoms with E-state index in [1.807, 2.05) is 65.4 Å². The lowest BCUT2D eigenvalue weighted by atomic mass is 9.12. The van der Waals surface area contributed by atoms with Crippen LogP contribution in [0.3, 0.4) is 0 Å². The summed E-state index contributed by atoms with van der Waals surface area (Å²) >= 11 is 4.45. The summed E-state index contributed by atoms with van der Waals surface area (Å²) in [6.07, 6.45) is -49.4. The van der Waals surface area contributed by atoms with E-state index >= 15 is 0 Å². The zero-order valence-corrected chi connectivity index (χ0v) is 39.4. The molecule has 0 aliphatic heterocycles. The number of carbonyl (C=O) groups is 1. The Morgan fingerprint density at radius 1 is 0.405 bits per heavy atom. The molecule has 7 aromatic rings. The van der Waals surface area contributed by atoms with Gasteiger partial charge in [0.1, 0.15) is 11.8 Å². The van der Waals surface area contributed by atoms with Gasteiger partial charge in [-0.15, -0.1) is 12.6 Å². The normalized spacial score (nSPS) is 13.2. The minimum atomic E-state index is -6.13. The second-order valence-electron chi connectivity index (χ2n) is 17.1. The monoisotopic (exact) mass is 1170 g/mol. The highest BCUT2D eigenvalue weighted by Crippen LogP contribution is 2.41. The van der Waals surface area contributed by atoms with E-state index in [1.165, 1.54) is 0 Å². The zero-order valence-electron chi connectivity index (χ0n) is 38.5. The fraction of sp³-hybridized carbons (Fsp3) is 0.180. The minimum absolute atomic E-state index is 0.0712. The lowest BCUT2D eigenvalue weighted by Crippen LogP contribution is -2.75. The number of hydrogen-bond acceptors (Lipinski definition) is 3. The molecule has 1 heterocycles. The minimum Gasteiger partial charge on any atom is -0.287 e. The Morgan fingerprint density at radius 2 is 0.684 bits per heavy atom. The Morgan fingerprint density at radius 3 is 0.962 bits per heavy atom. The van der Waals surface area contributed by atoms with Crippen molar-refractivity contribution in [3.05, 3.63) is 196 Å². The molecule has 0 radical (unpaired) electrons. The van der Waals surface area contributed by atoms with Gasteiger partial charge in [-0.1, -0.05) is 97.1 Å². The van der Waals surface area contributed by atoms with Crippen molar-refractivity contribution in [1.82, 2.24) is 4.98 Å². The van der Waals surface area contributed by atoms with E-state index in [4.69, 9.17) is 0 Å². The summed E-state index contributed by atoms with van der Waals surface area (Å²) in [6, 6.07) is 8.25. The fourth-order valence-corrected chi connectivity index (χ4v) is 8.59. The molecule has 1 aromatic heterocycles. The van der Waals surface area contributed by atoms with Crippen molar-refractivity contribution in [1.29, 1.82) is 0 Å². The van der Waals surface area contributed by atoms with Crippen molar-refractivity contribution in [2.75, 3.05) is 0 Å². The topological polar surface area (TPSA) is 33.8 Å². The first-order chi connectivity index (χ1) is 36.0. The molecule has 0 aliphatic carbocycles. The Bertz CT molecular complexity index is 2920. The van der Waals surface area contributed by atoms with E-state index in [0.717, 1.165) is 16.2 Å². The second-order valence-corrected chi connectivity index (χ2v) is 17.6. The van der Waals surface area contributed by atoms with Crippen molar-refractivity contribution in [3.8, 4) is 11.3 Å². The first kappa shape index (κ1) is 61.0. The van der Waals surface area contributed by atoms with Gasteiger partial charge in [-0.2, -0.15) is 132 Å². The van der Waals surface area contributed by atoms with E-state index in [0.29, 0.717) is 5.56 Å². The van der Waals surface area contributed by atoms with Crippen LogP contribution in [-0.2, 0) is 56.0 Å². The maximum absolute atomic E-state index is 14.2. The molecule has 0 bridgehead atoms. The van der Waals surface area contributed by atoms with E-state index < -0.39 is 195 Å². The molecule has 0 N–H and O–H groups in total. The quantitative estimate of drug-likeness (QED) is 0.0541. The summed E-state index contributed by atoms with van der Waals surface area (Å²) in [7, 11) is 0. The number of ketones is 1. The smallest absolute Gasteiger partial charge is 0.287 e. The fourth-order valence-electron chi connectivity index (χ4n) is 8.31. The lowest BCUT2D eigenvalue weighted by molar-refractivity contribution is -0.683. The standard InChI is InChI=1S/C32H12BF24.C18H14N2OS/c34-25(35,36)13-1-14(26(37,38)39)6-21(5-13)33(22-7-15(27(40,41)42)2-16(8-22)28(43,44)45,23-9-17(29(46,47)48)3-18(10-23)30(49,50)51)24-11-19(31(52,53)54)4-20(12-24)32(55,56)57;21-17(14-6-2-1-3-7-14)13-20-11-10-19-16(12-20)15-8-4-5-9-18(15)22/h1-12H;1-12H,13H2/q-1;/p+1. The van der Waals surface area contributed by atoms with Crippen LogP contribution in [0.4, 0.5) is 105 Å². The average molecular weight is 1170 g/mol. The third-order valence-corrected chi connectivity index (χ3v) is 12.2. The SMILES string of the molecule is FC(F)(F)c1cc([B-](c2cc(C(F)(F)F)cc(C(F)(F)F)c2)(c2cc(C(F)(F)F)cc(C(F)(F)F)c2)c2cc(C(F)(F)F)cc(C(F)(F)F)c2)cc(C(F)(F)F)c1.O=C(C[n+]1ccnc(-c2ccccc2S)c1)c1ccccc1. The summed E-state index contributed by atoms with van der Waals surface area (Å²) in [5.41, 5.74) is -27.7. The van der Waals surface area contributed by atoms with Gasteiger partial charge in [0.25, 0.3) is 0 Å². The molecule has 0 unspecified atom stereocenters. The number of Topliss-reactive ketones (excluding diaryl/α,β-unsaturated/α-hetero) is 1. The molecule has 0 saturated heterocycles. The molecule has 3 nitrogen and oxygen atoms in total. The summed E-state index contributed by atoms with van der Waals surface area (Å²) in [5, 5.41) is 0. The molecule has 0 atom stereocenters. The predicted octanol–water partition coefficient (Wildman–Crippen LogP) is 14.4. The van der Waals surface area contributed by atoms with Gasteiger partial charge in [0, 0.05) is 16.0 Å². The largest absolute Gasteiger partial charge is 0.416 e. The second kappa shape index (κ2) is 21.5. The summed E-state index contributed by atoms with van der Waals surface area (Å²) in [4.78, 5) is 17.5. The number of nitrogens with zero attached hydrogens (tertiary/aromatic N) is 2. The number of hydrogen-bond donors (Lipinski definition) is 1. The van der Waals surface area contributed by atoms with Crippen LogP contribution < -0.4 is 26.4 Å². The Balaban J connectivity index is 0.000000378. The first-order valence-electron chi connectivity index (χ1n) is 21.6. The van der Waals surface area contributed by atoms with Gasteiger partial charge in [-0.05, 0) is 30.3 Å². The van der Waals surface area contributed by atoms with Crippen molar-refractivity contribution in [2.45, 2.75) is 60.9 Å². The molecule has 7 rings (SSSR count). The Kier molecular flexibility index (Phi) is 16.6. The molecule has 29 heteroatoms. The van der Waals surface area contributed by atoms with Gasteiger partial charge in [0.05, 0.1) is 50.7 Å². The number of aromatic nitrogens is 2. The molecule has 0 spiro atoms. The van der Waals surface area contributed by atoms with E-state index in [2.05, 4.69) is 17.6 Å². The Hall–Kier alpha value is -7.20. The zero-order chi connectivity index (χ0) is 59.3. The number of thiol groups is 1. The molecule has 0 amide bonds. The molecule has 0 aliphatic rings. The number of carbonyl (C=O) groups excluding carboxylic acids is 1. The molecule has 6 aromatic carbocycles. The van der Waals surface area contributed by atoms with Crippen molar-refractivity contribution < 1.29 is 115 Å². The molecule has 79 heavy (non-hydrogen) atoms. The predicted molar refractivity (Wildman–Crippen MR) is 238 cm³/mol. The molecule has 0 saturated carbocycles. The van der Waals surface area contributed by atoms with E-state index in [-0.39, 0.29) is 12.3 Å². The third-order valence-electron chi connectivity index (χ3n) is 11.8. The maximum Gasteiger partial charge on any atom is 0.416 e. The van der Waals surface area contributed by atoms with Crippen LogP contribution >= 0.6 is 12.6 Å². The van der Waals surface area contributed by atoms with E-state index in [9.17, 15) is 110 Å². The van der Waals surface area contributed by atoms with Crippen LogP contribution in [0.25, 0.3) is 11.3 Å². The van der Waals surface area contributed by atoms with Gasteiger partial charge in [0.2, 0.25) is 12.3 Å². The number of rotatable bonds is 8. The van der Waals surface area contributed by atoms with Crippen LogP contribution in [0.15, 0.2) is 151 Å². The maximum atomic E-state index is 14.2. The highest BCUT2D eigenvalue weighted by Gasteiger charge is 2.47. The van der Waals surface area contributed by atoms with Crippen LogP contribution in [0.2, 0.25) is 0 Å². The highest BCUT2D eigenvalue weighted by atomic mass is 32.1. The summed E-state index contributed by atoms with van der Waals surface area (Å²) in [6.45, 7) is 0.286. The van der Waals surface area contributed by atoms with Crippen LogP contribution in [0.1, 0.15) is 54.9 Å². The highest BCUT2D eigenvalue weighted by molar-refractivity contribution is 7.80. The molecular formula is C50H27BF24N2OS. The van der Waals surface area contributed by atoms with E-state index in [1.54, 1.807) is 12.4 Å².